The van der Waals surface area contributed by atoms with Crippen LogP contribution in [0.3, 0.4) is 0 Å². The van der Waals surface area contributed by atoms with Gasteiger partial charge in [0.05, 0.1) is 36.1 Å². The monoisotopic (exact) mass is 414 g/mol. The number of carbonyl (C=O) groups is 2. The smallest absolute Gasteiger partial charge is 0.240 e. The summed E-state index contributed by atoms with van der Waals surface area (Å²) >= 11 is 0. The van der Waals surface area contributed by atoms with Gasteiger partial charge < -0.3 is 19.1 Å². The Balaban J connectivity index is 1.64. The number of nitrogens with zero attached hydrogens (tertiary/aromatic N) is 1. The molecule has 1 N–H and O–H groups in total. The molecule has 1 aromatic carbocycles. The Morgan fingerprint density at radius 3 is 2.55 bits per heavy atom. The van der Waals surface area contributed by atoms with E-state index in [1.165, 1.54) is 35.6 Å². The fourth-order valence-corrected chi connectivity index (χ4v) is 5.13. The summed E-state index contributed by atoms with van der Waals surface area (Å²) in [5.74, 6) is -0.148. The molecular formula is C20H18N2O6S. The Bertz CT molecular complexity index is 1120. The third kappa shape index (κ3) is 3.68. The second kappa shape index (κ2) is 7.59. The molecule has 0 bridgehead atoms. The van der Waals surface area contributed by atoms with E-state index in [0.29, 0.717) is 5.76 Å². The zero-order valence-electron chi connectivity index (χ0n) is 15.3. The Labute approximate surface area is 167 Å². The summed E-state index contributed by atoms with van der Waals surface area (Å²) in [6.45, 7) is -0.139. The minimum Gasteiger partial charge on any atom is -0.468 e. The number of anilines is 1. The molecule has 29 heavy (non-hydrogen) atoms. The van der Waals surface area contributed by atoms with E-state index in [4.69, 9.17) is 8.83 Å². The molecule has 3 heterocycles. The Kier molecular flexibility index (Phi) is 4.98. The van der Waals surface area contributed by atoms with E-state index in [2.05, 4.69) is 5.32 Å². The first-order chi connectivity index (χ1) is 14.0. The van der Waals surface area contributed by atoms with E-state index in [1.807, 2.05) is 0 Å². The molecule has 0 saturated heterocycles. The molecule has 9 heteroatoms. The molecule has 3 aromatic rings. The lowest BCUT2D eigenvalue weighted by molar-refractivity contribution is -0.124. The van der Waals surface area contributed by atoms with Crippen molar-refractivity contribution in [1.82, 2.24) is 5.32 Å². The zero-order valence-corrected chi connectivity index (χ0v) is 16.1. The molecular weight excluding hydrogens is 396 g/mol. The molecule has 0 saturated carbocycles. The molecule has 1 unspecified atom stereocenters. The number of hydrogen-bond acceptors (Lipinski definition) is 6. The van der Waals surface area contributed by atoms with Gasteiger partial charge in [-0.2, -0.15) is 0 Å². The van der Waals surface area contributed by atoms with Crippen LogP contribution >= 0.6 is 0 Å². The number of fused-ring (bicyclic) bond motifs is 1. The zero-order chi connectivity index (χ0) is 20.4. The minimum atomic E-state index is -3.89. The van der Waals surface area contributed by atoms with Crippen LogP contribution in [-0.2, 0) is 26.0 Å². The number of sulfone groups is 1. The number of furan rings is 2. The number of rotatable bonds is 5. The van der Waals surface area contributed by atoms with Crippen molar-refractivity contribution in [3.63, 3.8) is 0 Å². The predicted octanol–water partition coefficient (Wildman–Crippen LogP) is 2.44. The molecule has 1 atom stereocenters. The topological polar surface area (TPSA) is 110 Å². The number of carbonyl (C=O) groups excluding carboxylic acids is 2. The first-order valence-electron chi connectivity index (χ1n) is 8.92. The second-order valence-electron chi connectivity index (χ2n) is 6.56. The minimum absolute atomic E-state index is 0.00826. The largest absolute Gasteiger partial charge is 0.468 e. The number of para-hydroxylation sites is 1. The SMILES string of the molecule is O=C(CN1C(=O)CC(c2ccco2)S(=O)(=O)c2ccccc21)NCc1ccco1. The van der Waals surface area contributed by atoms with E-state index in [9.17, 15) is 18.0 Å². The highest BCUT2D eigenvalue weighted by Gasteiger charge is 2.41. The molecule has 4 rings (SSSR count). The Hall–Kier alpha value is -3.33. The second-order valence-corrected chi connectivity index (χ2v) is 8.66. The number of benzene rings is 1. The average Bonchev–Trinajstić information content (AvgIpc) is 3.41. The van der Waals surface area contributed by atoms with Crippen molar-refractivity contribution in [1.29, 1.82) is 0 Å². The van der Waals surface area contributed by atoms with Crippen molar-refractivity contribution in [3.05, 3.63) is 72.6 Å². The van der Waals surface area contributed by atoms with Crippen molar-refractivity contribution >= 4 is 27.3 Å². The third-order valence-corrected chi connectivity index (χ3v) is 6.81. The van der Waals surface area contributed by atoms with Crippen LogP contribution < -0.4 is 10.2 Å². The van der Waals surface area contributed by atoms with Crippen LogP contribution in [0.5, 0.6) is 0 Å². The van der Waals surface area contributed by atoms with Crippen LogP contribution in [0.25, 0.3) is 0 Å². The lowest BCUT2D eigenvalue weighted by atomic mass is 10.2. The van der Waals surface area contributed by atoms with Crippen molar-refractivity contribution in [2.45, 2.75) is 23.1 Å². The van der Waals surface area contributed by atoms with Crippen LogP contribution in [-0.4, -0.2) is 26.8 Å². The maximum absolute atomic E-state index is 13.2. The van der Waals surface area contributed by atoms with Crippen LogP contribution in [0.15, 0.2) is 74.8 Å². The van der Waals surface area contributed by atoms with Gasteiger partial charge in [-0.15, -0.1) is 0 Å². The van der Waals surface area contributed by atoms with Gasteiger partial charge in [-0.25, -0.2) is 8.42 Å². The van der Waals surface area contributed by atoms with Gasteiger partial charge in [-0.3, -0.25) is 9.59 Å². The van der Waals surface area contributed by atoms with Gasteiger partial charge in [0, 0.05) is 0 Å². The highest BCUT2D eigenvalue weighted by atomic mass is 32.2. The lowest BCUT2D eigenvalue weighted by Crippen LogP contribution is -2.40. The lowest BCUT2D eigenvalue weighted by Gasteiger charge is -2.21. The normalized spacial score (nSPS) is 18.1. The summed E-state index contributed by atoms with van der Waals surface area (Å²) in [4.78, 5) is 26.6. The standard InChI is InChI=1S/C20H18N2O6S/c23-19(21-12-14-5-3-9-27-14)13-22-15-6-1-2-8-17(15)29(25,26)18(11-20(22)24)16-7-4-10-28-16/h1-10,18H,11-13H2,(H,21,23). The molecule has 150 valence electrons. The highest BCUT2D eigenvalue weighted by molar-refractivity contribution is 7.91. The summed E-state index contributed by atoms with van der Waals surface area (Å²) in [5.41, 5.74) is 0.180. The quantitative estimate of drug-likeness (QED) is 0.687. The first kappa shape index (κ1) is 19.0. The van der Waals surface area contributed by atoms with E-state index in [0.717, 1.165) is 0 Å². The first-order valence-corrected chi connectivity index (χ1v) is 10.5. The van der Waals surface area contributed by atoms with Gasteiger partial charge in [0.25, 0.3) is 0 Å². The van der Waals surface area contributed by atoms with Gasteiger partial charge in [0.15, 0.2) is 9.84 Å². The Morgan fingerprint density at radius 1 is 1.07 bits per heavy atom. The summed E-state index contributed by atoms with van der Waals surface area (Å²) in [7, 11) is -3.89. The molecule has 0 fully saturated rings. The molecule has 0 radical (unpaired) electrons. The highest BCUT2D eigenvalue weighted by Crippen LogP contribution is 2.40. The summed E-state index contributed by atoms with van der Waals surface area (Å²) in [6, 6.07) is 12.7. The number of amides is 2. The van der Waals surface area contributed by atoms with Crippen LogP contribution in [0.2, 0.25) is 0 Å². The van der Waals surface area contributed by atoms with Gasteiger partial charge in [-0.1, -0.05) is 12.1 Å². The van der Waals surface area contributed by atoms with Crippen LogP contribution in [0.1, 0.15) is 23.2 Å². The van der Waals surface area contributed by atoms with Crippen LogP contribution in [0, 0.1) is 0 Å². The van der Waals surface area contributed by atoms with E-state index in [-0.39, 0.29) is 35.9 Å². The van der Waals surface area contributed by atoms with Gasteiger partial charge >= 0.3 is 0 Å². The molecule has 2 amide bonds. The fraction of sp³-hybridized carbons (Fsp3) is 0.200. The molecule has 0 aliphatic carbocycles. The third-order valence-electron chi connectivity index (χ3n) is 4.70. The molecule has 1 aliphatic rings. The van der Waals surface area contributed by atoms with E-state index in [1.54, 1.807) is 30.3 Å². The van der Waals surface area contributed by atoms with Crippen molar-refractivity contribution in [2.24, 2.45) is 0 Å². The molecule has 1 aliphatic heterocycles. The number of nitrogens with one attached hydrogen (secondary N) is 1. The molecule has 0 spiro atoms. The molecule has 8 nitrogen and oxygen atoms in total. The van der Waals surface area contributed by atoms with E-state index < -0.39 is 26.9 Å². The van der Waals surface area contributed by atoms with Gasteiger partial charge in [0.1, 0.15) is 23.3 Å². The van der Waals surface area contributed by atoms with Gasteiger partial charge in [-0.05, 0) is 36.4 Å². The molecule has 2 aromatic heterocycles. The maximum atomic E-state index is 13.2. The summed E-state index contributed by atoms with van der Waals surface area (Å²) in [6.07, 6.45) is 2.54. The van der Waals surface area contributed by atoms with Gasteiger partial charge in [0.2, 0.25) is 11.8 Å². The summed E-state index contributed by atoms with van der Waals surface area (Å²) < 4.78 is 36.9. The maximum Gasteiger partial charge on any atom is 0.240 e. The Morgan fingerprint density at radius 2 is 1.83 bits per heavy atom. The van der Waals surface area contributed by atoms with Crippen LogP contribution in [0.4, 0.5) is 5.69 Å². The predicted molar refractivity (Wildman–Crippen MR) is 103 cm³/mol. The number of hydrogen-bond donors (Lipinski definition) is 1. The average molecular weight is 414 g/mol. The van der Waals surface area contributed by atoms with Crippen molar-refractivity contribution in [2.75, 3.05) is 11.4 Å². The fourth-order valence-electron chi connectivity index (χ4n) is 3.29. The van der Waals surface area contributed by atoms with Crippen molar-refractivity contribution < 1.29 is 26.8 Å². The summed E-state index contributed by atoms with van der Waals surface area (Å²) in [5, 5.41) is 1.52. The van der Waals surface area contributed by atoms with Crippen molar-refractivity contribution in [3.8, 4) is 0 Å². The van der Waals surface area contributed by atoms with E-state index >= 15 is 0 Å².